The van der Waals surface area contributed by atoms with E-state index in [4.69, 9.17) is 14.2 Å². The van der Waals surface area contributed by atoms with Crippen LogP contribution in [0.25, 0.3) is 0 Å². The molecule has 0 aromatic carbocycles. The Kier molecular flexibility index (Phi) is 17.9. The zero-order valence-electron chi connectivity index (χ0n) is 17.2. The first-order chi connectivity index (χ1) is 12.6. The van der Waals surface area contributed by atoms with Crippen molar-refractivity contribution < 1.29 is 23.8 Å². The average Bonchev–Trinajstić information content (AvgIpc) is 2.62. The maximum absolute atomic E-state index is 11.8. The minimum absolute atomic E-state index is 0.0414. The monoisotopic (exact) mass is 372 g/mol. The molecule has 0 N–H and O–H groups in total. The molecule has 0 fully saturated rings. The van der Waals surface area contributed by atoms with E-state index in [2.05, 4.69) is 20.8 Å². The number of esters is 2. The fraction of sp³-hybridized carbons (Fsp3) is 0.905. The van der Waals surface area contributed by atoms with Gasteiger partial charge in [0.1, 0.15) is 19.3 Å². The Morgan fingerprint density at radius 1 is 0.692 bits per heavy atom. The van der Waals surface area contributed by atoms with Crippen molar-refractivity contribution in [3.63, 3.8) is 0 Å². The van der Waals surface area contributed by atoms with Gasteiger partial charge in [-0.3, -0.25) is 0 Å². The van der Waals surface area contributed by atoms with Crippen LogP contribution in [0, 0.1) is 0 Å². The van der Waals surface area contributed by atoms with E-state index < -0.39 is 11.9 Å². The molecular formula is C21H40O5. The van der Waals surface area contributed by atoms with Crippen LogP contribution in [0.2, 0.25) is 0 Å². The van der Waals surface area contributed by atoms with Gasteiger partial charge in [0.2, 0.25) is 0 Å². The van der Waals surface area contributed by atoms with E-state index in [1.165, 1.54) is 32.1 Å². The number of hydrogen-bond acceptors (Lipinski definition) is 5. The smallest absolute Gasteiger partial charge is 0.332 e. The number of unbranched alkanes of at least 4 members (excludes halogenated alkanes) is 7. The summed E-state index contributed by atoms with van der Waals surface area (Å²) in [6.45, 7) is 6.43. The molecule has 0 aliphatic heterocycles. The molecular weight excluding hydrogens is 332 g/mol. The molecule has 0 rings (SSSR count). The summed E-state index contributed by atoms with van der Waals surface area (Å²) in [6.07, 6.45) is 13.1. The van der Waals surface area contributed by atoms with Crippen LogP contribution in [0.3, 0.4) is 0 Å². The van der Waals surface area contributed by atoms with E-state index in [9.17, 15) is 9.59 Å². The highest BCUT2D eigenvalue weighted by Gasteiger charge is 2.14. The Bertz CT molecular complexity index is 343. The van der Waals surface area contributed by atoms with Gasteiger partial charge in [0.15, 0.2) is 0 Å². The number of ether oxygens (including phenoxy) is 3. The first-order valence-electron chi connectivity index (χ1n) is 10.6. The zero-order chi connectivity index (χ0) is 19.5. The number of rotatable bonds is 18. The van der Waals surface area contributed by atoms with Crippen molar-refractivity contribution in [2.24, 2.45) is 0 Å². The van der Waals surface area contributed by atoms with Gasteiger partial charge in [-0.25, -0.2) is 9.59 Å². The third kappa shape index (κ3) is 16.4. The number of carbonyl (C=O) groups is 2. The molecule has 5 nitrogen and oxygen atoms in total. The second kappa shape index (κ2) is 18.7. The first-order valence-corrected chi connectivity index (χ1v) is 10.6. The van der Waals surface area contributed by atoms with Crippen LogP contribution in [0.4, 0.5) is 0 Å². The third-order valence-corrected chi connectivity index (χ3v) is 4.24. The van der Waals surface area contributed by atoms with Gasteiger partial charge >= 0.3 is 11.9 Å². The lowest BCUT2D eigenvalue weighted by Crippen LogP contribution is -2.23. The molecule has 0 aliphatic carbocycles. The third-order valence-electron chi connectivity index (χ3n) is 4.24. The molecule has 154 valence electrons. The number of hydrogen-bond donors (Lipinski definition) is 0. The van der Waals surface area contributed by atoms with Crippen LogP contribution in [0.15, 0.2) is 0 Å². The second-order valence-electron chi connectivity index (χ2n) is 6.88. The van der Waals surface area contributed by atoms with Crippen LogP contribution in [0.1, 0.15) is 97.8 Å². The highest BCUT2D eigenvalue weighted by Crippen LogP contribution is 2.11. The Balaban J connectivity index is 3.62. The maximum Gasteiger partial charge on any atom is 0.332 e. The van der Waals surface area contributed by atoms with Crippen LogP contribution < -0.4 is 0 Å². The highest BCUT2D eigenvalue weighted by atomic mass is 16.6. The Hall–Kier alpha value is -1.10. The molecule has 0 aromatic heterocycles. The van der Waals surface area contributed by atoms with E-state index in [0.29, 0.717) is 6.61 Å². The van der Waals surface area contributed by atoms with Gasteiger partial charge in [-0.15, -0.1) is 0 Å². The highest BCUT2D eigenvalue weighted by molar-refractivity contribution is 5.73. The summed E-state index contributed by atoms with van der Waals surface area (Å²) in [5.41, 5.74) is 0. The van der Waals surface area contributed by atoms with Crippen LogP contribution in [-0.2, 0) is 23.8 Å². The summed E-state index contributed by atoms with van der Waals surface area (Å²) in [5.74, 6) is -0.820. The molecule has 0 amide bonds. The predicted molar refractivity (Wildman–Crippen MR) is 104 cm³/mol. The summed E-state index contributed by atoms with van der Waals surface area (Å²) in [4.78, 5) is 23.3. The number of carbonyl (C=O) groups excluding carboxylic acids is 2. The van der Waals surface area contributed by atoms with E-state index in [1.54, 1.807) is 0 Å². The first kappa shape index (κ1) is 24.9. The lowest BCUT2D eigenvalue weighted by molar-refractivity contribution is -0.159. The molecule has 0 heterocycles. The van der Waals surface area contributed by atoms with Crippen molar-refractivity contribution in [2.45, 2.75) is 104 Å². The molecule has 5 heteroatoms. The summed E-state index contributed by atoms with van der Waals surface area (Å²) in [6, 6.07) is 0. The molecule has 26 heavy (non-hydrogen) atoms. The fourth-order valence-electron chi connectivity index (χ4n) is 2.74. The van der Waals surface area contributed by atoms with Crippen molar-refractivity contribution in [3.8, 4) is 0 Å². The van der Waals surface area contributed by atoms with Crippen molar-refractivity contribution in [1.29, 1.82) is 0 Å². The molecule has 0 aliphatic rings. The normalized spacial score (nSPS) is 12.0. The van der Waals surface area contributed by atoms with Gasteiger partial charge in [-0.05, 0) is 19.3 Å². The van der Waals surface area contributed by atoms with Crippen molar-refractivity contribution >= 4 is 11.9 Å². The topological polar surface area (TPSA) is 61.8 Å². The zero-order valence-corrected chi connectivity index (χ0v) is 17.2. The molecule has 1 unspecified atom stereocenters. The van der Waals surface area contributed by atoms with Crippen molar-refractivity contribution in [3.05, 3.63) is 0 Å². The molecule has 1 atom stereocenters. The molecule has 0 aromatic rings. The van der Waals surface area contributed by atoms with Gasteiger partial charge in [0.25, 0.3) is 0 Å². The SMILES string of the molecule is CCCCCCCCCOC(=O)COCC(=O)OC(CCC)CCCC. The van der Waals surface area contributed by atoms with E-state index in [0.717, 1.165) is 44.9 Å². The van der Waals surface area contributed by atoms with E-state index >= 15 is 0 Å². The summed E-state index contributed by atoms with van der Waals surface area (Å²) < 4.78 is 15.6. The predicted octanol–water partition coefficient (Wildman–Crippen LogP) is 5.20. The average molecular weight is 373 g/mol. The van der Waals surface area contributed by atoms with Gasteiger partial charge in [-0.2, -0.15) is 0 Å². The van der Waals surface area contributed by atoms with Crippen molar-refractivity contribution in [2.75, 3.05) is 19.8 Å². The van der Waals surface area contributed by atoms with Crippen LogP contribution in [0.5, 0.6) is 0 Å². The molecule has 0 bridgehead atoms. The Labute approximate surface area is 160 Å². The minimum Gasteiger partial charge on any atom is -0.464 e. The van der Waals surface area contributed by atoms with Crippen LogP contribution in [-0.4, -0.2) is 37.9 Å². The van der Waals surface area contributed by atoms with Gasteiger partial charge in [-0.1, -0.05) is 78.6 Å². The lowest BCUT2D eigenvalue weighted by Gasteiger charge is -2.16. The van der Waals surface area contributed by atoms with Gasteiger partial charge in [0.05, 0.1) is 6.61 Å². The molecule has 0 spiro atoms. The second-order valence-corrected chi connectivity index (χ2v) is 6.88. The van der Waals surface area contributed by atoms with E-state index in [-0.39, 0.29) is 19.3 Å². The molecule has 0 saturated heterocycles. The van der Waals surface area contributed by atoms with E-state index in [1.807, 2.05) is 0 Å². The van der Waals surface area contributed by atoms with Crippen molar-refractivity contribution in [1.82, 2.24) is 0 Å². The standard InChI is InChI=1S/C21H40O5/c1-4-7-9-10-11-12-13-16-25-20(22)17-24-18-21(23)26-19(14-6-3)15-8-5-2/h19H,4-18H2,1-3H3. The summed E-state index contributed by atoms with van der Waals surface area (Å²) >= 11 is 0. The largest absolute Gasteiger partial charge is 0.464 e. The Morgan fingerprint density at radius 2 is 1.31 bits per heavy atom. The summed E-state index contributed by atoms with van der Waals surface area (Å²) in [5, 5.41) is 0. The fourth-order valence-corrected chi connectivity index (χ4v) is 2.74. The minimum atomic E-state index is -0.417. The van der Waals surface area contributed by atoms with Crippen LogP contribution >= 0.6 is 0 Å². The van der Waals surface area contributed by atoms with Gasteiger partial charge < -0.3 is 14.2 Å². The molecule has 0 saturated carbocycles. The quantitative estimate of drug-likeness (QED) is 0.244. The lowest BCUT2D eigenvalue weighted by atomic mass is 10.1. The van der Waals surface area contributed by atoms with Gasteiger partial charge in [0, 0.05) is 0 Å². The summed E-state index contributed by atoms with van der Waals surface area (Å²) in [7, 11) is 0. The Morgan fingerprint density at radius 3 is 1.96 bits per heavy atom. The maximum atomic E-state index is 11.8. The molecule has 0 radical (unpaired) electrons.